The zero-order chi connectivity index (χ0) is 13.8. The van der Waals surface area contributed by atoms with Crippen LogP contribution in [0.25, 0.3) is 0 Å². The molecule has 0 saturated heterocycles. The molecule has 5 nitrogen and oxygen atoms in total. The lowest BCUT2D eigenvalue weighted by molar-refractivity contribution is 0.211. The van der Waals surface area contributed by atoms with Gasteiger partial charge in [-0.1, -0.05) is 12.1 Å². The van der Waals surface area contributed by atoms with Gasteiger partial charge in [0.2, 0.25) is 0 Å². The van der Waals surface area contributed by atoms with Crippen LogP contribution in [0.4, 0.5) is 4.39 Å². The number of nitrogens with two attached hydrogens (primary N) is 1. The van der Waals surface area contributed by atoms with E-state index in [0.29, 0.717) is 0 Å². The number of phenols is 1. The van der Waals surface area contributed by atoms with Gasteiger partial charge in [-0.2, -0.15) is 0 Å². The van der Waals surface area contributed by atoms with Crippen LogP contribution in [0.3, 0.4) is 0 Å². The first-order valence-electron chi connectivity index (χ1n) is 5.58. The quantitative estimate of drug-likeness (QED) is 0.781. The highest BCUT2D eigenvalue weighted by Crippen LogP contribution is 2.59. The summed E-state index contributed by atoms with van der Waals surface area (Å²) in [6.45, 7) is 3.57. The van der Waals surface area contributed by atoms with E-state index in [1.54, 1.807) is 13.8 Å². The minimum atomic E-state index is -3.63. The first kappa shape index (κ1) is 15.1. The third kappa shape index (κ3) is 3.09. The second kappa shape index (κ2) is 6.29. The number of aromatic hydroxyl groups is 1. The Kier molecular flexibility index (Phi) is 5.28. The first-order chi connectivity index (χ1) is 8.46. The van der Waals surface area contributed by atoms with E-state index in [0.717, 1.165) is 6.07 Å². The molecule has 1 aromatic carbocycles. The van der Waals surface area contributed by atoms with Gasteiger partial charge in [0.1, 0.15) is 5.78 Å². The van der Waals surface area contributed by atoms with E-state index in [-0.39, 0.29) is 18.8 Å². The Bertz CT molecular complexity index is 445. The van der Waals surface area contributed by atoms with Gasteiger partial charge in [0.25, 0.3) is 0 Å². The molecule has 1 atom stereocenters. The summed E-state index contributed by atoms with van der Waals surface area (Å²) in [5.74, 6) is -2.69. The molecule has 0 amide bonds. The van der Waals surface area contributed by atoms with Crippen molar-refractivity contribution in [1.29, 1.82) is 0 Å². The fourth-order valence-electron chi connectivity index (χ4n) is 1.50. The van der Waals surface area contributed by atoms with Gasteiger partial charge >= 0.3 is 7.60 Å². The smallest absolute Gasteiger partial charge is 0.351 e. The van der Waals surface area contributed by atoms with E-state index >= 15 is 0 Å². The third-order valence-electron chi connectivity index (χ3n) is 2.30. The molecule has 18 heavy (non-hydrogen) atoms. The zero-order valence-electron chi connectivity index (χ0n) is 10.3. The predicted octanol–water partition coefficient (Wildman–Crippen LogP) is 2.75. The largest absolute Gasteiger partial charge is 0.505 e. The van der Waals surface area contributed by atoms with Crippen molar-refractivity contribution >= 4 is 7.60 Å². The molecule has 7 heteroatoms. The van der Waals surface area contributed by atoms with Gasteiger partial charge in [-0.15, -0.1) is 0 Å². The van der Waals surface area contributed by atoms with E-state index in [2.05, 4.69) is 0 Å². The fourth-order valence-corrected chi connectivity index (χ4v) is 3.16. The van der Waals surface area contributed by atoms with Crippen LogP contribution < -0.4 is 5.73 Å². The van der Waals surface area contributed by atoms with Gasteiger partial charge in [0.05, 0.1) is 13.2 Å². The summed E-state index contributed by atoms with van der Waals surface area (Å²) in [7, 11) is -3.63. The van der Waals surface area contributed by atoms with Crippen LogP contribution in [0.5, 0.6) is 5.75 Å². The maximum Gasteiger partial charge on any atom is 0.351 e. The zero-order valence-corrected chi connectivity index (χ0v) is 11.2. The van der Waals surface area contributed by atoms with Gasteiger partial charge in [-0.3, -0.25) is 4.57 Å². The van der Waals surface area contributed by atoms with Crippen molar-refractivity contribution in [3.05, 3.63) is 29.6 Å². The summed E-state index contributed by atoms with van der Waals surface area (Å²) in [5, 5.41) is 9.58. The number of para-hydroxylation sites is 1. The second-order valence-electron chi connectivity index (χ2n) is 3.50. The Hall–Kier alpha value is -0.940. The molecule has 0 bridgehead atoms. The van der Waals surface area contributed by atoms with Crippen LogP contribution in [-0.2, 0) is 13.6 Å². The van der Waals surface area contributed by atoms with E-state index < -0.39 is 24.9 Å². The van der Waals surface area contributed by atoms with E-state index in [4.69, 9.17) is 14.8 Å². The summed E-state index contributed by atoms with van der Waals surface area (Å²) >= 11 is 0. The highest BCUT2D eigenvalue weighted by molar-refractivity contribution is 7.54. The molecule has 3 N–H and O–H groups in total. The van der Waals surface area contributed by atoms with Gasteiger partial charge in [-0.25, -0.2) is 4.39 Å². The number of phenolic OH excluding ortho intramolecular Hbond substituents is 1. The Balaban J connectivity index is 3.13. The molecule has 102 valence electrons. The van der Waals surface area contributed by atoms with Gasteiger partial charge in [0, 0.05) is 5.56 Å². The molecule has 1 aromatic rings. The number of rotatable bonds is 6. The molecular weight excluding hydrogens is 260 g/mol. The molecule has 0 spiro atoms. The minimum Gasteiger partial charge on any atom is -0.505 e. The third-order valence-corrected chi connectivity index (χ3v) is 4.49. The highest BCUT2D eigenvalue weighted by atomic mass is 31.2. The van der Waals surface area contributed by atoms with E-state index in [1.165, 1.54) is 12.1 Å². The monoisotopic (exact) mass is 277 g/mol. The molecule has 0 aromatic heterocycles. The van der Waals surface area contributed by atoms with Crippen LogP contribution >= 0.6 is 7.60 Å². The van der Waals surface area contributed by atoms with Crippen LogP contribution in [0.15, 0.2) is 18.2 Å². The molecule has 0 aliphatic carbocycles. The van der Waals surface area contributed by atoms with Crippen LogP contribution in [0.2, 0.25) is 0 Å². The SMILES string of the molecule is CCOP(=O)(OCC)[C@H](N)c1cccc(F)c1O. The average Bonchev–Trinajstić information content (AvgIpc) is 2.32. The second-order valence-corrected chi connectivity index (χ2v) is 5.65. The van der Waals surface area contributed by atoms with Crippen molar-refractivity contribution in [2.75, 3.05) is 13.2 Å². The molecule has 0 heterocycles. The minimum absolute atomic E-state index is 0.000216. The summed E-state index contributed by atoms with van der Waals surface area (Å²) in [5.41, 5.74) is 5.78. The number of benzene rings is 1. The number of hydrogen-bond donors (Lipinski definition) is 2. The summed E-state index contributed by atoms with van der Waals surface area (Å²) in [6.07, 6.45) is 0. The highest BCUT2D eigenvalue weighted by Gasteiger charge is 2.35. The number of hydrogen-bond acceptors (Lipinski definition) is 5. The van der Waals surface area contributed by atoms with Gasteiger partial charge < -0.3 is 19.9 Å². The van der Waals surface area contributed by atoms with Crippen molar-refractivity contribution in [1.82, 2.24) is 0 Å². The van der Waals surface area contributed by atoms with Crippen molar-refractivity contribution in [3.63, 3.8) is 0 Å². The fraction of sp³-hybridized carbons (Fsp3) is 0.455. The van der Waals surface area contributed by atoms with Gasteiger partial charge in [0.15, 0.2) is 11.6 Å². The van der Waals surface area contributed by atoms with Gasteiger partial charge in [-0.05, 0) is 19.9 Å². The molecule has 0 fully saturated rings. The maximum absolute atomic E-state index is 13.2. The Morgan fingerprint density at radius 1 is 1.39 bits per heavy atom. The summed E-state index contributed by atoms with van der Waals surface area (Å²) in [6, 6.07) is 3.83. The Morgan fingerprint density at radius 2 is 1.94 bits per heavy atom. The van der Waals surface area contributed by atoms with Crippen LogP contribution in [-0.4, -0.2) is 18.3 Å². The molecule has 1 rings (SSSR count). The predicted molar refractivity (Wildman–Crippen MR) is 65.9 cm³/mol. The lowest BCUT2D eigenvalue weighted by atomic mass is 10.2. The maximum atomic E-state index is 13.2. The normalized spacial score (nSPS) is 13.6. The van der Waals surface area contributed by atoms with Crippen LogP contribution in [0.1, 0.15) is 25.2 Å². The first-order valence-corrected chi connectivity index (χ1v) is 7.19. The van der Waals surface area contributed by atoms with Crippen molar-refractivity contribution in [2.45, 2.75) is 19.6 Å². The topological polar surface area (TPSA) is 81.8 Å². The standard InChI is InChI=1S/C11H17FNO4P/c1-3-16-18(15,17-4-2)11(13)8-6-5-7-9(12)10(8)14/h5-7,11,14H,3-4,13H2,1-2H3/t11-/m0/s1. The molecule has 0 saturated carbocycles. The lowest BCUT2D eigenvalue weighted by Crippen LogP contribution is -2.15. The van der Waals surface area contributed by atoms with E-state index in [1.807, 2.05) is 0 Å². The average molecular weight is 277 g/mol. The Morgan fingerprint density at radius 3 is 2.44 bits per heavy atom. The van der Waals surface area contributed by atoms with Crippen molar-refractivity contribution < 1.29 is 23.1 Å². The Labute approximate surface area is 105 Å². The summed E-state index contributed by atoms with van der Waals surface area (Å²) < 4.78 is 35.7. The molecular formula is C11H17FNO4P. The molecule has 0 aliphatic rings. The number of halogens is 1. The van der Waals surface area contributed by atoms with Crippen molar-refractivity contribution in [3.8, 4) is 5.75 Å². The molecule has 0 radical (unpaired) electrons. The lowest BCUT2D eigenvalue weighted by Gasteiger charge is -2.23. The molecule has 0 unspecified atom stereocenters. The molecule has 0 aliphatic heterocycles. The van der Waals surface area contributed by atoms with Crippen molar-refractivity contribution in [2.24, 2.45) is 5.73 Å². The van der Waals surface area contributed by atoms with Crippen LogP contribution in [0, 0.1) is 5.82 Å². The van der Waals surface area contributed by atoms with E-state index in [9.17, 15) is 14.1 Å². The summed E-state index contributed by atoms with van der Waals surface area (Å²) in [4.78, 5) is 0.